The highest BCUT2D eigenvalue weighted by Gasteiger charge is 2.36. The number of aromatic nitrogens is 1. The van der Waals surface area contributed by atoms with E-state index in [0.717, 1.165) is 0 Å². The molecule has 0 saturated heterocycles. The molecule has 4 heteroatoms. The first-order valence-corrected chi connectivity index (χ1v) is 4.90. The SMILES string of the molecule is O=C1C(=O)N(c2ccc[nH]2)c2ccccc21. The maximum absolute atomic E-state index is 11.8. The maximum Gasteiger partial charge on any atom is 0.305 e. The number of hydrogen-bond acceptors (Lipinski definition) is 2. The summed E-state index contributed by atoms with van der Waals surface area (Å²) in [7, 11) is 0. The average Bonchev–Trinajstić information content (AvgIpc) is 2.89. The van der Waals surface area contributed by atoms with Crippen molar-refractivity contribution in [2.45, 2.75) is 0 Å². The lowest BCUT2D eigenvalue weighted by atomic mass is 10.1. The molecule has 0 radical (unpaired) electrons. The summed E-state index contributed by atoms with van der Waals surface area (Å²) in [5, 5.41) is 0. The molecule has 0 fully saturated rings. The molecule has 4 nitrogen and oxygen atoms in total. The fraction of sp³-hybridized carbons (Fsp3) is 0. The second-order valence-electron chi connectivity index (χ2n) is 3.54. The van der Waals surface area contributed by atoms with Crippen molar-refractivity contribution in [1.82, 2.24) is 4.98 Å². The topological polar surface area (TPSA) is 53.2 Å². The molecular weight excluding hydrogens is 204 g/mol. The van der Waals surface area contributed by atoms with Crippen LogP contribution in [0.15, 0.2) is 42.6 Å². The lowest BCUT2D eigenvalue weighted by molar-refractivity contribution is -0.113. The molecule has 1 aromatic heterocycles. The van der Waals surface area contributed by atoms with E-state index in [2.05, 4.69) is 4.98 Å². The third kappa shape index (κ3) is 1.04. The molecule has 3 rings (SSSR count). The smallest absolute Gasteiger partial charge is 0.305 e. The van der Waals surface area contributed by atoms with Crippen LogP contribution >= 0.6 is 0 Å². The number of carbonyl (C=O) groups is 2. The fourth-order valence-electron chi connectivity index (χ4n) is 1.89. The number of anilines is 2. The molecule has 1 aliphatic rings. The number of aromatic amines is 1. The van der Waals surface area contributed by atoms with Gasteiger partial charge in [0.2, 0.25) is 0 Å². The highest BCUT2D eigenvalue weighted by molar-refractivity contribution is 6.53. The fourth-order valence-corrected chi connectivity index (χ4v) is 1.89. The van der Waals surface area contributed by atoms with Crippen LogP contribution in [0.2, 0.25) is 0 Å². The van der Waals surface area contributed by atoms with Gasteiger partial charge in [-0.25, -0.2) is 0 Å². The largest absolute Gasteiger partial charge is 0.348 e. The van der Waals surface area contributed by atoms with Crippen molar-refractivity contribution in [3.8, 4) is 0 Å². The van der Waals surface area contributed by atoms with Gasteiger partial charge in [0, 0.05) is 6.20 Å². The molecule has 0 spiro atoms. The van der Waals surface area contributed by atoms with E-state index in [9.17, 15) is 9.59 Å². The standard InChI is InChI=1S/C12H8N2O2/c15-11-8-4-1-2-5-9(8)14(12(11)16)10-6-3-7-13-10/h1-7,13H. The van der Waals surface area contributed by atoms with Crippen molar-refractivity contribution in [2.75, 3.05) is 4.90 Å². The van der Waals surface area contributed by atoms with Crippen LogP contribution in [0, 0.1) is 0 Å². The summed E-state index contributed by atoms with van der Waals surface area (Å²) in [5.41, 5.74) is 1.10. The van der Waals surface area contributed by atoms with E-state index in [-0.39, 0.29) is 0 Å². The van der Waals surface area contributed by atoms with Gasteiger partial charge in [-0.1, -0.05) is 12.1 Å². The van der Waals surface area contributed by atoms with Crippen molar-refractivity contribution in [2.24, 2.45) is 0 Å². The molecule has 0 aliphatic carbocycles. The number of rotatable bonds is 1. The Hall–Kier alpha value is -2.36. The molecule has 0 atom stereocenters. The van der Waals surface area contributed by atoms with E-state index in [0.29, 0.717) is 17.1 Å². The van der Waals surface area contributed by atoms with Gasteiger partial charge in [-0.05, 0) is 24.3 Å². The highest BCUT2D eigenvalue weighted by atomic mass is 16.2. The number of hydrogen-bond donors (Lipinski definition) is 1. The first kappa shape index (κ1) is 8.91. The van der Waals surface area contributed by atoms with Crippen molar-refractivity contribution in [3.63, 3.8) is 0 Å². The van der Waals surface area contributed by atoms with E-state index in [1.54, 1.807) is 42.6 Å². The lowest BCUT2D eigenvalue weighted by Crippen LogP contribution is -2.24. The number of benzene rings is 1. The Kier molecular flexibility index (Phi) is 1.71. The monoisotopic (exact) mass is 212 g/mol. The van der Waals surface area contributed by atoms with Gasteiger partial charge in [-0.2, -0.15) is 0 Å². The number of H-pyrrole nitrogens is 1. The van der Waals surface area contributed by atoms with Crippen molar-refractivity contribution < 1.29 is 9.59 Å². The van der Waals surface area contributed by atoms with Gasteiger partial charge in [0.05, 0.1) is 11.3 Å². The van der Waals surface area contributed by atoms with E-state index < -0.39 is 11.7 Å². The zero-order chi connectivity index (χ0) is 11.1. The Balaban J connectivity index is 2.22. The number of para-hydroxylation sites is 1. The normalized spacial score (nSPS) is 14.4. The van der Waals surface area contributed by atoms with Crippen LogP contribution in [0.3, 0.4) is 0 Å². The van der Waals surface area contributed by atoms with Crippen LogP contribution < -0.4 is 4.90 Å². The molecule has 0 bridgehead atoms. The Morgan fingerprint density at radius 1 is 1.00 bits per heavy atom. The number of fused-ring (bicyclic) bond motifs is 1. The first-order valence-electron chi connectivity index (χ1n) is 4.90. The van der Waals surface area contributed by atoms with Crippen molar-refractivity contribution >= 4 is 23.2 Å². The van der Waals surface area contributed by atoms with Gasteiger partial charge in [-0.3, -0.25) is 14.5 Å². The molecule has 0 saturated carbocycles. The van der Waals surface area contributed by atoms with Gasteiger partial charge in [-0.15, -0.1) is 0 Å². The van der Waals surface area contributed by atoms with Crippen LogP contribution in [0.1, 0.15) is 10.4 Å². The minimum Gasteiger partial charge on any atom is -0.348 e. The molecular formula is C12H8N2O2. The second kappa shape index (κ2) is 3.06. The molecule has 1 amide bonds. The van der Waals surface area contributed by atoms with Crippen molar-refractivity contribution in [1.29, 1.82) is 0 Å². The quantitative estimate of drug-likeness (QED) is 0.734. The van der Waals surface area contributed by atoms with Crippen LogP contribution in [-0.4, -0.2) is 16.7 Å². The van der Waals surface area contributed by atoms with E-state index in [1.165, 1.54) is 4.90 Å². The predicted octanol–water partition coefficient (Wildman–Crippen LogP) is 1.88. The van der Waals surface area contributed by atoms with Crippen LogP contribution in [-0.2, 0) is 4.79 Å². The predicted molar refractivity (Wildman–Crippen MR) is 58.7 cm³/mol. The molecule has 1 aromatic carbocycles. The maximum atomic E-state index is 11.8. The minimum absolute atomic E-state index is 0.454. The summed E-state index contributed by atoms with van der Waals surface area (Å²) in [6, 6.07) is 10.5. The zero-order valence-corrected chi connectivity index (χ0v) is 8.31. The van der Waals surface area contributed by atoms with Crippen molar-refractivity contribution in [3.05, 3.63) is 48.2 Å². The molecule has 16 heavy (non-hydrogen) atoms. The molecule has 78 valence electrons. The Labute approximate surface area is 91.5 Å². The van der Waals surface area contributed by atoms with E-state index in [1.807, 2.05) is 0 Å². The Morgan fingerprint density at radius 3 is 2.56 bits per heavy atom. The molecule has 0 unspecified atom stereocenters. The third-order valence-electron chi connectivity index (χ3n) is 2.61. The minimum atomic E-state index is -0.511. The summed E-state index contributed by atoms with van der Waals surface area (Å²) in [6.07, 6.45) is 1.72. The number of amides is 1. The number of carbonyl (C=O) groups excluding carboxylic acids is 2. The Bertz CT molecular complexity index is 572. The van der Waals surface area contributed by atoms with Gasteiger partial charge in [0.25, 0.3) is 5.78 Å². The third-order valence-corrected chi connectivity index (χ3v) is 2.61. The molecule has 2 heterocycles. The van der Waals surface area contributed by atoms with Gasteiger partial charge in [0.1, 0.15) is 5.82 Å². The molecule has 1 N–H and O–H groups in total. The number of nitrogens with zero attached hydrogens (tertiary/aromatic N) is 1. The Morgan fingerprint density at radius 2 is 1.81 bits per heavy atom. The van der Waals surface area contributed by atoms with E-state index >= 15 is 0 Å². The molecule has 2 aromatic rings. The highest BCUT2D eigenvalue weighted by Crippen LogP contribution is 2.33. The van der Waals surface area contributed by atoms with Gasteiger partial charge < -0.3 is 4.98 Å². The lowest BCUT2D eigenvalue weighted by Gasteiger charge is -2.13. The summed E-state index contributed by atoms with van der Waals surface area (Å²) >= 11 is 0. The number of Topliss-reactive ketones (excluding diaryl/α,β-unsaturated/α-hetero) is 1. The van der Waals surface area contributed by atoms with Gasteiger partial charge in [0.15, 0.2) is 0 Å². The average molecular weight is 212 g/mol. The van der Waals surface area contributed by atoms with Crippen LogP contribution in [0.4, 0.5) is 11.5 Å². The molecule has 1 aliphatic heterocycles. The first-order chi connectivity index (χ1) is 7.79. The van der Waals surface area contributed by atoms with Crippen LogP contribution in [0.5, 0.6) is 0 Å². The number of ketones is 1. The second-order valence-corrected chi connectivity index (χ2v) is 3.54. The van der Waals surface area contributed by atoms with Gasteiger partial charge >= 0.3 is 5.91 Å². The summed E-state index contributed by atoms with van der Waals surface area (Å²) < 4.78 is 0. The number of nitrogens with one attached hydrogen (secondary N) is 1. The summed E-state index contributed by atoms with van der Waals surface area (Å²) in [5.74, 6) is -0.350. The van der Waals surface area contributed by atoms with E-state index in [4.69, 9.17) is 0 Å². The summed E-state index contributed by atoms with van der Waals surface area (Å²) in [6.45, 7) is 0. The van der Waals surface area contributed by atoms with Crippen LogP contribution in [0.25, 0.3) is 0 Å². The summed E-state index contributed by atoms with van der Waals surface area (Å²) in [4.78, 5) is 27.8. The zero-order valence-electron chi connectivity index (χ0n) is 8.31.